The van der Waals surface area contributed by atoms with Crippen molar-refractivity contribution in [1.29, 1.82) is 0 Å². The molecule has 1 aliphatic heterocycles. The van der Waals surface area contributed by atoms with E-state index in [9.17, 15) is 0 Å². The van der Waals surface area contributed by atoms with Crippen molar-refractivity contribution in [3.05, 3.63) is 29.3 Å². The Labute approximate surface area is 103 Å². The van der Waals surface area contributed by atoms with Crippen molar-refractivity contribution in [3.63, 3.8) is 0 Å². The van der Waals surface area contributed by atoms with Crippen molar-refractivity contribution < 1.29 is 0 Å². The van der Waals surface area contributed by atoms with Gasteiger partial charge in [-0.15, -0.1) is 11.8 Å². The van der Waals surface area contributed by atoms with E-state index >= 15 is 0 Å². The molecule has 0 fully saturated rings. The molecule has 0 saturated heterocycles. The van der Waals surface area contributed by atoms with E-state index in [2.05, 4.69) is 44.3 Å². The maximum atomic E-state index is 3.69. The third kappa shape index (κ3) is 2.28. The van der Waals surface area contributed by atoms with Crippen molar-refractivity contribution >= 4 is 11.8 Å². The maximum Gasteiger partial charge on any atom is 0.0455 e. The fourth-order valence-electron chi connectivity index (χ4n) is 2.31. The molecule has 16 heavy (non-hydrogen) atoms. The zero-order valence-electron chi connectivity index (χ0n) is 10.4. The smallest absolute Gasteiger partial charge is 0.0455 e. The van der Waals surface area contributed by atoms with Crippen LogP contribution in [-0.4, -0.2) is 11.8 Å². The summed E-state index contributed by atoms with van der Waals surface area (Å²) in [5.41, 5.74) is 2.89. The Morgan fingerprint density at radius 1 is 1.31 bits per heavy atom. The highest BCUT2D eigenvalue weighted by molar-refractivity contribution is 8.00. The molecule has 88 valence electrons. The normalized spacial score (nSPS) is 23.4. The third-order valence-corrected chi connectivity index (χ3v) is 4.70. The van der Waals surface area contributed by atoms with Crippen molar-refractivity contribution in [2.75, 3.05) is 6.54 Å². The second kappa shape index (κ2) is 5.24. The minimum absolute atomic E-state index is 0.560. The Kier molecular flexibility index (Phi) is 3.93. The molecule has 1 N–H and O–H groups in total. The molecule has 0 amide bonds. The number of fused-ring (bicyclic) bond motifs is 1. The van der Waals surface area contributed by atoms with Crippen molar-refractivity contribution in [3.8, 4) is 0 Å². The van der Waals surface area contributed by atoms with Crippen LogP contribution in [0.5, 0.6) is 0 Å². The first-order valence-corrected chi connectivity index (χ1v) is 7.14. The molecule has 0 bridgehead atoms. The van der Waals surface area contributed by atoms with E-state index in [0.717, 1.165) is 6.54 Å². The molecule has 0 aliphatic carbocycles. The first-order chi connectivity index (χ1) is 7.76. The van der Waals surface area contributed by atoms with Gasteiger partial charge in [0.2, 0.25) is 0 Å². The van der Waals surface area contributed by atoms with Crippen LogP contribution < -0.4 is 5.32 Å². The van der Waals surface area contributed by atoms with Gasteiger partial charge in [0.15, 0.2) is 0 Å². The van der Waals surface area contributed by atoms with Crippen LogP contribution in [0.1, 0.15) is 43.9 Å². The van der Waals surface area contributed by atoms with Gasteiger partial charge in [0, 0.05) is 16.2 Å². The Morgan fingerprint density at radius 3 is 2.81 bits per heavy atom. The average Bonchev–Trinajstić information content (AvgIpc) is 2.63. The zero-order chi connectivity index (χ0) is 11.5. The van der Waals surface area contributed by atoms with Gasteiger partial charge >= 0.3 is 0 Å². The zero-order valence-corrected chi connectivity index (χ0v) is 11.2. The summed E-state index contributed by atoms with van der Waals surface area (Å²) in [5.74, 6) is 0. The molecule has 1 heterocycles. The van der Waals surface area contributed by atoms with Gasteiger partial charge in [-0.05, 0) is 37.9 Å². The Balaban J connectivity index is 2.24. The molecule has 0 saturated carbocycles. The first kappa shape index (κ1) is 12.0. The summed E-state index contributed by atoms with van der Waals surface area (Å²) in [5, 5.41) is 4.41. The second-order valence-electron chi connectivity index (χ2n) is 4.54. The Morgan fingerprint density at radius 2 is 2.12 bits per heavy atom. The summed E-state index contributed by atoms with van der Waals surface area (Å²) < 4.78 is 0. The summed E-state index contributed by atoms with van der Waals surface area (Å²) in [6.07, 6.45) is 2.44. The predicted molar refractivity (Wildman–Crippen MR) is 72.1 cm³/mol. The van der Waals surface area contributed by atoms with Crippen LogP contribution in [0, 0.1) is 6.92 Å². The van der Waals surface area contributed by atoms with E-state index in [-0.39, 0.29) is 0 Å². The lowest BCUT2D eigenvalue weighted by Gasteiger charge is -2.19. The highest BCUT2D eigenvalue weighted by Crippen LogP contribution is 2.45. The fraction of sp³-hybridized carbons (Fsp3) is 0.571. The molecule has 2 unspecified atom stereocenters. The van der Waals surface area contributed by atoms with E-state index < -0.39 is 0 Å². The molecular weight excluding hydrogens is 214 g/mol. The Hall–Kier alpha value is -0.470. The molecule has 0 radical (unpaired) electrons. The number of thioether (sulfide) groups is 1. The van der Waals surface area contributed by atoms with Gasteiger partial charge < -0.3 is 5.32 Å². The van der Waals surface area contributed by atoms with Crippen LogP contribution in [0.4, 0.5) is 0 Å². The SMILES string of the molecule is CCCNC1c2cc(C)ccc2SC1CC. The molecule has 1 aromatic carbocycles. The summed E-state index contributed by atoms with van der Waals surface area (Å²) >= 11 is 2.04. The van der Waals surface area contributed by atoms with Crippen molar-refractivity contribution in [2.45, 2.75) is 49.8 Å². The summed E-state index contributed by atoms with van der Waals surface area (Å²) in [4.78, 5) is 1.48. The second-order valence-corrected chi connectivity index (χ2v) is 5.82. The van der Waals surface area contributed by atoms with Crippen LogP contribution in [-0.2, 0) is 0 Å². The van der Waals surface area contributed by atoms with Gasteiger partial charge in [-0.1, -0.05) is 31.5 Å². The quantitative estimate of drug-likeness (QED) is 0.849. The van der Waals surface area contributed by atoms with Crippen LogP contribution in [0.3, 0.4) is 0 Å². The molecule has 2 rings (SSSR count). The molecule has 2 heteroatoms. The topological polar surface area (TPSA) is 12.0 Å². The Bertz CT molecular complexity index is 362. The lowest BCUT2D eigenvalue weighted by Crippen LogP contribution is -2.27. The number of aryl methyl sites for hydroxylation is 1. The average molecular weight is 235 g/mol. The van der Waals surface area contributed by atoms with Gasteiger partial charge in [-0.3, -0.25) is 0 Å². The van der Waals surface area contributed by atoms with E-state index in [1.807, 2.05) is 11.8 Å². The van der Waals surface area contributed by atoms with Crippen LogP contribution in [0.15, 0.2) is 23.1 Å². The lowest BCUT2D eigenvalue weighted by molar-refractivity contribution is 0.510. The molecule has 1 aromatic rings. The van der Waals surface area contributed by atoms with E-state index in [1.54, 1.807) is 0 Å². The highest BCUT2D eigenvalue weighted by atomic mass is 32.2. The summed E-state index contributed by atoms with van der Waals surface area (Å²) in [7, 11) is 0. The van der Waals surface area contributed by atoms with Gasteiger partial charge in [0.05, 0.1) is 0 Å². The lowest BCUT2D eigenvalue weighted by atomic mass is 10.0. The van der Waals surface area contributed by atoms with Gasteiger partial charge in [-0.25, -0.2) is 0 Å². The number of hydrogen-bond donors (Lipinski definition) is 1. The summed E-state index contributed by atoms with van der Waals surface area (Å²) in [6, 6.07) is 7.42. The van der Waals surface area contributed by atoms with Gasteiger partial charge in [0.25, 0.3) is 0 Å². The van der Waals surface area contributed by atoms with Crippen molar-refractivity contribution in [1.82, 2.24) is 5.32 Å². The molecule has 1 aliphatic rings. The molecular formula is C14H21NS. The number of nitrogens with one attached hydrogen (secondary N) is 1. The molecule has 0 spiro atoms. The first-order valence-electron chi connectivity index (χ1n) is 6.26. The van der Waals surface area contributed by atoms with Gasteiger partial charge in [-0.2, -0.15) is 0 Å². The minimum Gasteiger partial charge on any atom is -0.309 e. The largest absolute Gasteiger partial charge is 0.309 e. The molecule has 1 nitrogen and oxygen atoms in total. The van der Waals surface area contributed by atoms with Crippen LogP contribution >= 0.6 is 11.8 Å². The highest BCUT2D eigenvalue weighted by Gasteiger charge is 2.31. The number of hydrogen-bond acceptors (Lipinski definition) is 2. The number of rotatable bonds is 4. The minimum atomic E-state index is 0.560. The van der Waals surface area contributed by atoms with E-state index in [0.29, 0.717) is 11.3 Å². The molecule has 2 atom stereocenters. The van der Waals surface area contributed by atoms with Crippen LogP contribution in [0.25, 0.3) is 0 Å². The molecule has 0 aromatic heterocycles. The number of benzene rings is 1. The van der Waals surface area contributed by atoms with Crippen molar-refractivity contribution in [2.24, 2.45) is 0 Å². The fourth-order valence-corrected chi connectivity index (χ4v) is 3.65. The standard InChI is InChI=1S/C14H21NS/c1-4-8-15-14-11-9-10(3)6-7-13(11)16-12(14)5-2/h6-7,9,12,14-15H,4-5,8H2,1-3H3. The third-order valence-electron chi connectivity index (χ3n) is 3.17. The van der Waals surface area contributed by atoms with Crippen LogP contribution in [0.2, 0.25) is 0 Å². The predicted octanol–water partition coefficient (Wildman–Crippen LogP) is 3.92. The van der Waals surface area contributed by atoms with Gasteiger partial charge in [0.1, 0.15) is 0 Å². The monoisotopic (exact) mass is 235 g/mol. The maximum absolute atomic E-state index is 3.69. The van der Waals surface area contributed by atoms with E-state index in [4.69, 9.17) is 0 Å². The van der Waals surface area contributed by atoms with E-state index in [1.165, 1.54) is 28.9 Å². The summed E-state index contributed by atoms with van der Waals surface area (Å²) in [6.45, 7) is 7.82.